The molecule has 0 aliphatic carbocycles. The molecule has 0 radical (unpaired) electrons. The molecule has 1 amide bonds. The highest BCUT2D eigenvalue weighted by molar-refractivity contribution is 5.79. The van der Waals surface area contributed by atoms with E-state index in [-0.39, 0.29) is 11.8 Å². The number of piperidine rings is 1. The Bertz CT molecular complexity index is 879. The van der Waals surface area contributed by atoms with Crippen molar-refractivity contribution in [3.05, 3.63) is 48.7 Å². The zero-order valence-electron chi connectivity index (χ0n) is 14.5. The number of rotatable bonds is 5. The van der Waals surface area contributed by atoms with Gasteiger partial charge in [0.2, 0.25) is 11.9 Å². The van der Waals surface area contributed by atoms with Gasteiger partial charge in [-0.1, -0.05) is 6.07 Å². The molecule has 1 saturated heterocycles. The molecule has 0 aromatic carbocycles. The molecular formula is C18H21N7O. The summed E-state index contributed by atoms with van der Waals surface area (Å²) in [5, 5.41) is 11.4. The van der Waals surface area contributed by atoms with Crippen LogP contribution in [-0.4, -0.2) is 50.1 Å². The van der Waals surface area contributed by atoms with Crippen LogP contribution in [0.15, 0.2) is 42.9 Å². The van der Waals surface area contributed by atoms with Crippen LogP contribution in [0.25, 0.3) is 5.65 Å². The summed E-state index contributed by atoms with van der Waals surface area (Å²) in [5.74, 6) is 1.59. The van der Waals surface area contributed by atoms with Crippen LogP contribution in [0.4, 0.5) is 5.95 Å². The maximum absolute atomic E-state index is 12.5. The third kappa shape index (κ3) is 3.49. The maximum Gasteiger partial charge on any atom is 0.225 e. The second-order valence-electron chi connectivity index (χ2n) is 6.42. The van der Waals surface area contributed by atoms with Crippen LogP contribution in [0.3, 0.4) is 0 Å². The number of carbonyl (C=O) groups is 1. The van der Waals surface area contributed by atoms with E-state index in [2.05, 4.69) is 30.4 Å². The molecule has 1 aliphatic rings. The number of amides is 1. The molecule has 8 nitrogen and oxygen atoms in total. The number of nitrogens with zero attached hydrogens (tertiary/aromatic N) is 6. The van der Waals surface area contributed by atoms with Crippen molar-refractivity contribution in [2.75, 3.05) is 24.5 Å². The van der Waals surface area contributed by atoms with Gasteiger partial charge in [0.25, 0.3) is 0 Å². The molecule has 4 heterocycles. The second-order valence-corrected chi connectivity index (χ2v) is 6.42. The molecule has 134 valence electrons. The van der Waals surface area contributed by atoms with Crippen molar-refractivity contribution in [2.45, 2.75) is 19.3 Å². The van der Waals surface area contributed by atoms with Crippen LogP contribution in [0.1, 0.15) is 18.7 Å². The average Bonchev–Trinajstić information content (AvgIpc) is 3.12. The van der Waals surface area contributed by atoms with Gasteiger partial charge in [-0.15, -0.1) is 10.2 Å². The van der Waals surface area contributed by atoms with Gasteiger partial charge < -0.3 is 10.2 Å². The van der Waals surface area contributed by atoms with Crippen LogP contribution in [0.5, 0.6) is 0 Å². The molecule has 3 aromatic rings. The molecule has 3 aromatic heterocycles. The minimum absolute atomic E-state index is 0.0392. The Labute approximate surface area is 151 Å². The fourth-order valence-electron chi connectivity index (χ4n) is 3.33. The predicted molar refractivity (Wildman–Crippen MR) is 96.7 cm³/mol. The van der Waals surface area contributed by atoms with E-state index < -0.39 is 0 Å². The molecule has 0 unspecified atom stereocenters. The summed E-state index contributed by atoms with van der Waals surface area (Å²) in [5.41, 5.74) is 0.819. The van der Waals surface area contributed by atoms with Crippen molar-refractivity contribution >= 4 is 17.5 Å². The molecule has 26 heavy (non-hydrogen) atoms. The van der Waals surface area contributed by atoms with Gasteiger partial charge in [-0.05, 0) is 31.0 Å². The Morgan fingerprint density at radius 2 is 2.08 bits per heavy atom. The Hall–Kier alpha value is -3.03. The highest BCUT2D eigenvalue weighted by Gasteiger charge is 2.26. The number of anilines is 1. The van der Waals surface area contributed by atoms with Crippen molar-refractivity contribution in [3.63, 3.8) is 0 Å². The van der Waals surface area contributed by atoms with Gasteiger partial charge in [0.15, 0.2) is 5.65 Å². The fourth-order valence-corrected chi connectivity index (χ4v) is 3.33. The first-order valence-corrected chi connectivity index (χ1v) is 8.89. The van der Waals surface area contributed by atoms with Crippen LogP contribution in [0.2, 0.25) is 0 Å². The van der Waals surface area contributed by atoms with Gasteiger partial charge in [0, 0.05) is 44.6 Å². The lowest BCUT2D eigenvalue weighted by molar-refractivity contribution is -0.125. The minimum atomic E-state index is -0.0392. The van der Waals surface area contributed by atoms with Gasteiger partial charge in [-0.2, -0.15) is 0 Å². The Morgan fingerprint density at radius 3 is 2.96 bits per heavy atom. The number of carbonyl (C=O) groups excluding carboxylic acids is 1. The van der Waals surface area contributed by atoms with Crippen molar-refractivity contribution in [2.24, 2.45) is 5.92 Å². The summed E-state index contributed by atoms with van der Waals surface area (Å²) in [6, 6.07) is 7.59. The van der Waals surface area contributed by atoms with Crippen LogP contribution in [0, 0.1) is 5.92 Å². The Balaban J connectivity index is 1.32. The van der Waals surface area contributed by atoms with E-state index in [9.17, 15) is 4.79 Å². The van der Waals surface area contributed by atoms with E-state index >= 15 is 0 Å². The lowest BCUT2D eigenvalue weighted by Gasteiger charge is -2.31. The zero-order valence-corrected chi connectivity index (χ0v) is 14.5. The van der Waals surface area contributed by atoms with E-state index in [1.165, 1.54) is 0 Å². The smallest absolute Gasteiger partial charge is 0.225 e. The molecule has 8 heteroatoms. The third-order valence-electron chi connectivity index (χ3n) is 4.66. The van der Waals surface area contributed by atoms with Crippen molar-refractivity contribution in [1.29, 1.82) is 0 Å². The fraction of sp³-hybridized carbons (Fsp3) is 0.389. The molecule has 0 bridgehead atoms. The van der Waals surface area contributed by atoms with Gasteiger partial charge in [0.1, 0.15) is 5.82 Å². The number of pyridine rings is 1. The monoisotopic (exact) mass is 351 g/mol. The molecule has 0 spiro atoms. The van der Waals surface area contributed by atoms with Crippen LogP contribution >= 0.6 is 0 Å². The molecule has 1 fully saturated rings. The van der Waals surface area contributed by atoms with E-state index in [1.54, 1.807) is 18.5 Å². The third-order valence-corrected chi connectivity index (χ3v) is 4.66. The minimum Gasteiger partial charge on any atom is -0.355 e. The van der Waals surface area contributed by atoms with Crippen molar-refractivity contribution in [1.82, 2.24) is 29.9 Å². The molecule has 0 saturated carbocycles. The number of hydrogen-bond donors (Lipinski definition) is 1. The lowest BCUT2D eigenvalue weighted by atomic mass is 9.97. The molecule has 1 atom stereocenters. The largest absolute Gasteiger partial charge is 0.355 e. The van der Waals surface area contributed by atoms with E-state index in [1.807, 2.05) is 28.8 Å². The van der Waals surface area contributed by atoms with Gasteiger partial charge in [-0.3, -0.25) is 9.20 Å². The normalized spacial score (nSPS) is 17.4. The number of aromatic nitrogens is 5. The van der Waals surface area contributed by atoms with Crippen LogP contribution in [-0.2, 0) is 11.2 Å². The summed E-state index contributed by atoms with van der Waals surface area (Å²) < 4.78 is 1.95. The summed E-state index contributed by atoms with van der Waals surface area (Å²) in [6.07, 6.45) is 7.90. The Morgan fingerprint density at radius 1 is 1.19 bits per heavy atom. The van der Waals surface area contributed by atoms with Crippen LogP contribution < -0.4 is 10.2 Å². The summed E-state index contributed by atoms with van der Waals surface area (Å²) >= 11 is 0. The van der Waals surface area contributed by atoms with E-state index in [4.69, 9.17) is 0 Å². The first-order valence-electron chi connectivity index (χ1n) is 8.89. The SMILES string of the molecule is O=C(NCCc1nnc2ccccn12)[C@@H]1CCCN(c2ncccn2)C1. The Kier molecular flexibility index (Phi) is 4.72. The summed E-state index contributed by atoms with van der Waals surface area (Å²) in [6.45, 7) is 2.09. The molecule has 4 rings (SSSR count). The number of fused-ring (bicyclic) bond motifs is 1. The quantitative estimate of drug-likeness (QED) is 0.740. The van der Waals surface area contributed by atoms with Crippen molar-refractivity contribution < 1.29 is 4.79 Å². The van der Waals surface area contributed by atoms with E-state index in [0.717, 1.165) is 30.9 Å². The standard InChI is InChI=1S/C18H21N7O/c26-17(14-5-3-11-24(13-14)18-20-8-4-9-21-18)19-10-7-16-23-22-15-6-1-2-12-25(15)16/h1-2,4,6,8-9,12,14H,3,5,7,10-11,13H2,(H,19,26)/t14-/m1/s1. The maximum atomic E-state index is 12.5. The lowest BCUT2D eigenvalue weighted by Crippen LogP contribution is -2.44. The molecule has 1 aliphatic heterocycles. The number of hydrogen-bond acceptors (Lipinski definition) is 6. The van der Waals surface area contributed by atoms with Crippen molar-refractivity contribution in [3.8, 4) is 0 Å². The zero-order chi connectivity index (χ0) is 17.8. The van der Waals surface area contributed by atoms with Gasteiger partial charge in [0.05, 0.1) is 5.92 Å². The van der Waals surface area contributed by atoms with E-state index in [0.29, 0.717) is 25.5 Å². The summed E-state index contributed by atoms with van der Waals surface area (Å²) in [7, 11) is 0. The second kappa shape index (κ2) is 7.47. The average molecular weight is 351 g/mol. The number of nitrogens with one attached hydrogen (secondary N) is 1. The highest BCUT2D eigenvalue weighted by Crippen LogP contribution is 2.20. The molecular weight excluding hydrogens is 330 g/mol. The topological polar surface area (TPSA) is 88.3 Å². The summed E-state index contributed by atoms with van der Waals surface area (Å²) in [4.78, 5) is 23.2. The predicted octanol–water partition coefficient (Wildman–Crippen LogP) is 1.09. The highest BCUT2D eigenvalue weighted by atomic mass is 16.1. The molecule has 1 N–H and O–H groups in total. The van der Waals surface area contributed by atoms with Gasteiger partial charge >= 0.3 is 0 Å². The first-order chi connectivity index (χ1) is 12.8. The first kappa shape index (κ1) is 16.4. The van der Waals surface area contributed by atoms with Gasteiger partial charge in [-0.25, -0.2) is 9.97 Å².